The number of carbonyl (C=O) groups excluding carboxylic acids is 3. The van der Waals surface area contributed by atoms with E-state index in [9.17, 15) is 24.5 Å². The molecule has 6 aromatic rings. The molecule has 0 aliphatic carbocycles. The highest BCUT2D eigenvalue weighted by Crippen LogP contribution is 2.38. The molecule has 50 heavy (non-hydrogen) atoms. The number of thiazole rings is 1. The summed E-state index contributed by atoms with van der Waals surface area (Å²) in [7, 11) is 0. The molecule has 0 fully saturated rings. The van der Waals surface area contributed by atoms with E-state index >= 15 is 0 Å². The molecule has 0 radical (unpaired) electrons. The van der Waals surface area contributed by atoms with E-state index in [1.54, 1.807) is 78.2 Å². The molecule has 0 bridgehead atoms. The SMILES string of the molecule is O=C(Nc1cccc(SC(C(=O)Nc2nc(-c3cccc([N+](=O)[O-])c3)cs2)c2ccccc2)c1)/C(=C/c1ccco1)NC(=O)c1ccccc1. The number of aromatic nitrogens is 1. The minimum Gasteiger partial charge on any atom is -0.465 e. The van der Waals surface area contributed by atoms with Gasteiger partial charge >= 0.3 is 0 Å². The molecule has 0 spiro atoms. The van der Waals surface area contributed by atoms with Gasteiger partial charge in [0.2, 0.25) is 5.91 Å². The minimum atomic E-state index is -0.702. The van der Waals surface area contributed by atoms with Gasteiger partial charge in [-0.3, -0.25) is 24.5 Å². The van der Waals surface area contributed by atoms with Crippen LogP contribution in [-0.4, -0.2) is 27.6 Å². The van der Waals surface area contributed by atoms with E-state index in [-0.39, 0.29) is 17.3 Å². The van der Waals surface area contributed by atoms with Gasteiger partial charge in [0.1, 0.15) is 16.7 Å². The van der Waals surface area contributed by atoms with E-state index in [0.717, 1.165) is 5.56 Å². The first-order valence-electron chi connectivity index (χ1n) is 15.1. The second-order valence-electron chi connectivity index (χ2n) is 10.6. The van der Waals surface area contributed by atoms with E-state index in [0.29, 0.717) is 38.3 Å². The van der Waals surface area contributed by atoms with Crippen molar-refractivity contribution < 1.29 is 23.7 Å². The highest BCUT2D eigenvalue weighted by Gasteiger charge is 2.24. The molecule has 13 heteroatoms. The summed E-state index contributed by atoms with van der Waals surface area (Å²) in [6, 6.07) is 34.2. The highest BCUT2D eigenvalue weighted by atomic mass is 32.2. The van der Waals surface area contributed by atoms with Crippen LogP contribution in [0.3, 0.4) is 0 Å². The number of nitro groups is 1. The van der Waals surface area contributed by atoms with Crippen LogP contribution < -0.4 is 16.0 Å². The molecule has 3 amide bonds. The summed E-state index contributed by atoms with van der Waals surface area (Å²) in [6.45, 7) is 0. The Morgan fingerprint density at radius 2 is 1.62 bits per heavy atom. The quantitative estimate of drug-likeness (QED) is 0.0499. The molecular weight excluding hydrogens is 675 g/mol. The number of thioether (sulfide) groups is 1. The molecule has 0 aliphatic heterocycles. The topological polar surface area (TPSA) is 156 Å². The van der Waals surface area contributed by atoms with Crippen LogP contribution in [0.5, 0.6) is 0 Å². The Balaban J connectivity index is 1.19. The summed E-state index contributed by atoms with van der Waals surface area (Å²) < 4.78 is 5.38. The van der Waals surface area contributed by atoms with Crippen LogP contribution in [0.25, 0.3) is 17.3 Å². The summed E-state index contributed by atoms with van der Waals surface area (Å²) in [5, 5.41) is 21.0. The highest BCUT2D eigenvalue weighted by molar-refractivity contribution is 8.00. The number of rotatable bonds is 12. The first-order chi connectivity index (χ1) is 24.3. The van der Waals surface area contributed by atoms with Crippen molar-refractivity contribution >= 4 is 63.4 Å². The standard InChI is InChI=1S/C37H27N5O6S2/c43-34(25-12-5-2-6-13-25)39-31(22-29-17-9-19-48-29)35(44)38-27-15-8-18-30(21-27)50-33(24-10-3-1-4-11-24)36(45)41-37-40-32(23-49-37)26-14-7-16-28(20-26)42(46)47/h1-23,33H,(H,38,44)(H,39,43)(H,40,41,45)/b31-22-. The van der Waals surface area contributed by atoms with Gasteiger partial charge in [0, 0.05) is 45.3 Å². The van der Waals surface area contributed by atoms with Crippen molar-refractivity contribution in [1.29, 1.82) is 0 Å². The van der Waals surface area contributed by atoms with Crippen molar-refractivity contribution in [2.75, 3.05) is 10.6 Å². The zero-order valence-electron chi connectivity index (χ0n) is 26.0. The number of nitro benzene ring substituents is 1. The lowest BCUT2D eigenvalue weighted by atomic mass is 10.1. The van der Waals surface area contributed by atoms with Gasteiger partial charge in [-0.15, -0.1) is 23.1 Å². The first-order valence-corrected chi connectivity index (χ1v) is 16.8. The van der Waals surface area contributed by atoms with Gasteiger partial charge in [-0.25, -0.2) is 4.98 Å². The third kappa shape index (κ3) is 8.58. The fourth-order valence-electron chi connectivity index (χ4n) is 4.75. The second kappa shape index (κ2) is 15.7. The fraction of sp³-hybridized carbons (Fsp3) is 0.0270. The molecule has 11 nitrogen and oxygen atoms in total. The third-order valence-electron chi connectivity index (χ3n) is 7.13. The van der Waals surface area contributed by atoms with Crippen LogP contribution >= 0.6 is 23.1 Å². The largest absolute Gasteiger partial charge is 0.465 e. The molecule has 0 saturated carbocycles. The molecular formula is C37H27N5O6S2. The number of nitrogens with one attached hydrogen (secondary N) is 3. The lowest BCUT2D eigenvalue weighted by Gasteiger charge is -2.17. The summed E-state index contributed by atoms with van der Waals surface area (Å²) in [5.74, 6) is -0.990. The van der Waals surface area contributed by atoms with E-state index in [2.05, 4.69) is 20.9 Å². The summed E-state index contributed by atoms with van der Waals surface area (Å²) in [5.41, 5.74) is 2.54. The van der Waals surface area contributed by atoms with Crippen molar-refractivity contribution in [3.05, 3.63) is 166 Å². The number of amides is 3. The van der Waals surface area contributed by atoms with Crippen LogP contribution in [0.15, 0.2) is 148 Å². The monoisotopic (exact) mass is 701 g/mol. The second-order valence-corrected chi connectivity index (χ2v) is 12.7. The van der Waals surface area contributed by atoms with Gasteiger partial charge < -0.3 is 20.4 Å². The number of non-ortho nitro benzene ring substituents is 1. The van der Waals surface area contributed by atoms with Gasteiger partial charge in [0.05, 0.1) is 16.9 Å². The Kier molecular flexibility index (Phi) is 10.6. The number of hydrogen-bond donors (Lipinski definition) is 3. The van der Waals surface area contributed by atoms with Gasteiger partial charge in [0.25, 0.3) is 17.5 Å². The Labute approximate surface area is 294 Å². The molecule has 248 valence electrons. The van der Waals surface area contributed by atoms with Crippen molar-refractivity contribution in [3.63, 3.8) is 0 Å². The summed E-state index contributed by atoms with van der Waals surface area (Å²) in [6.07, 6.45) is 2.90. The maximum Gasteiger partial charge on any atom is 0.272 e. The minimum absolute atomic E-state index is 0.0266. The first kappa shape index (κ1) is 33.6. The number of hydrogen-bond acceptors (Lipinski definition) is 9. The molecule has 1 atom stereocenters. The zero-order valence-corrected chi connectivity index (χ0v) is 27.6. The van der Waals surface area contributed by atoms with Crippen LogP contribution in [0, 0.1) is 10.1 Å². The molecule has 2 aromatic heterocycles. The molecule has 2 heterocycles. The average molecular weight is 702 g/mol. The number of furan rings is 1. The normalized spacial score (nSPS) is 11.7. The fourth-order valence-corrected chi connectivity index (χ4v) is 6.56. The number of anilines is 2. The molecule has 1 unspecified atom stereocenters. The van der Waals surface area contributed by atoms with Gasteiger partial charge in [0.15, 0.2) is 5.13 Å². The van der Waals surface area contributed by atoms with Gasteiger partial charge in [-0.2, -0.15) is 0 Å². The predicted octanol–water partition coefficient (Wildman–Crippen LogP) is 8.19. The Morgan fingerprint density at radius 1 is 0.860 bits per heavy atom. The number of carbonyl (C=O) groups is 3. The van der Waals surface area contributed by atoms with Crippen molar-refractivity contribution in [1.82, 2.24) is 10.3 Å². The molecule has 0 aliphatic rings. The Morgan fingerprint density at radius 3 is 2.36 bits per heavy atom. The molecule has 0 saturated heterocycles. The summed E-state index contributed by atoms with van der Waals surface area (Å²) >= 11 is 2.49. The van der Waals surface area contributed by atoms with E-state index < -0.39 is 22.0 Å². The maximum atomic E-state index is 13.7. The lowest BCUT2D eigenvalue weighted by molar-refractivity contribution is -0.384. The Bertz CT molecular complexity index is 2170. The van der Waals surface area contributed by atoms with E-state index in [1.807, 2.05) is 36.4 Å². The lowest BCUT2D eigenvalue weighted by Crippen LogP contribution is -2.30. The van der Waals surface area contributed by atoms with Gasteiger partial charge in [-0.1, -0.05) is 66.7 Å². The zero-order chi connectivity index (χ0) is 34.9. The predicted molar refractivity (Wildman–Crippen MR) is 194 cm³/mol. The third-order valence-corrected chi connectivity index (χ3v) is 9.14. The molecule has 6 rings (SSSR count). The Hall–Kier alpha value is -6.31. The van der Waals surface area contributed by atoms with Crippen LogP contribution in [0.2, 0.25) is 0 Å². The number of nitrogens with zero attached hydrogens (tertiary/aromatic N) is 2. The molecule has 3 N–H and O–H groups in total. The van der Waals surface area contributed by atoms with Crippen molar-refractivity contribution in [3.8, 4) is 11.3 Å². The van der Waals surface area contributed by atoms with Crippen molar-refractivity contribution in [2.45, 2.75) is 10.1 Å². The van der Waals surface area contributed by atoms with Crippen molar-refractivity contribution in [2.24, 2.45) is 0 Å². The van der Waals surface area contributed by atoms with E-state index in [1.165, 1.54) is 47.6 Å². The van der Waals surface area contributed by atoms with Gasteiger partial charge in [-0.05, 0) is 48.0 Å². The van der Waals surface area contributed by atoms with Crippen LogP contribution in [0.4, 0.5) is 16.5 Å². The maximum absolute atomic E-state index is 13.7. The molecule has 4 aromatic carbocycles. The van der Waals surface area contributed by atoms with Crippen LogP contribution in [-0.2, 0) is 9.59 Å². The van der Waals surface area contributed by atoms with Crippen LogP contribution in [0.1, 0.15) is 26.9 Å². The smallest absolute Gasteiger partial charge is 0.272 e. The average Bonchev–Trinajstić information content (AvgIpc) is 3.84. The van der Waals surface area contributed by atoms with E-state index in [4.69, 9.17) is 4.42 Å². The summed E-state index contributed by atoms with van der Waals surface area (Å²) in [4.78, 5) is 56.1. The number of benzene rings is 4.